The van der Waals surface area contributed by atoms with Crippen LogP contribution in [0.3, 0.4) is 0 Å². The van der Waals surface area contributed by atoms with Crippen molar-refractivity contribution in [3.63, 3.8) is 0 Å². The first-order valence-electron chi connectivity index (χ1n) is 10.4. The van der Waals surface area contributed by atoms with E-state index < -0.39 is 28.4 Å². The predicted molar refractivity (Wildman–Crippen MR) is 120 cm³/mol. The average Bonchev–Trinajstić information content (AvgIpc) is 3.41. The number of aromatic nitrogens is 1. The highest BCUT2D eigenvalue weighted by molar-refractivity contribution is 6.03. The lowest BCUT2D eigenvalue weighted by molar-refractivity contribution is 0.0126. The number of carbonyl (C=O) groups is 1. The molecule has 0 spiro atoms. The predicted octanol–water partition coefficient (Wildman–Crippen LogP) is 1.74. The van der Waals surface area contributed by atoms with Gasteiger partial charge in [0.05, 0.1) is 23.7 Å². The summed E-state index contributed by atoms with van der Waals surface area (Å²) in [6.07, 6.45) is 3.79. The van der Waals surface area contributed by atoms with E-state index in [1.54, 1.807) is 4.57 Å². The number of nitrogens with two attached hydrogens (primary N) is 2. The van der Waals surface area contributed by atoms with E-state index >= 15 is 4.39 Å². The van der Waals surface area contributed by atoms with Crippen molar-refractivity contribution in [3.8, 4) is 5.75 Å². The van der Waals surface area contributed by atoms with Gasteiger partial charge in [-0.2, -0.15) is 0 Å². The highest BCUT2D eigenvalue weighted by Crippen LogP contribution is 2.49. The third-order valence-electron chi connectivity index (χ3n) is 6.91. The van der Waals surface area contributed by atoms with E-state index in [9.17, 15) is 14.7 Å². The molecule has 5 rings (SSSR count). The number of hydrogen-bond acceptors (Lipinski definition) is 7. The maximum atomic E-state index is 15.7. The van der Waals surface area contributed by atoms with Gasteiger partial charge in [-0.15, -0.1) is 12.4 Å². The van der Waals surface area contributed by atoms with Gasteiger partial charge in [0.25, 0.3) is 0 Å². The van der Waals surface area contributed by atoms with Crippen molar-refractivity contribution >= 4 is 40.7 Å². The van der Waals surface area contributed by atoms with Gasteiger partial charge in [0.2, 0.25) is 5.43 Å². The fourth-order valence-electron chi connectivity index (χ4n) is 5.16. The highest BCUT2D eigenvalue weighted by Gasteiger charge is 2.51. The minimum Gasteiger partial charge on any atom is -0.492 e. The molecular weight excluding hydrogens is 443 g/mol. The second kappa shape index (κ2) is 7.79. The van der Waals surface area contributed by atoms with E-state index in [0.717, 1.165) is 19.3 Å². The summed E-state index contributed by atoms with van der Waals surface area (Å²) >= 11 is 0. The molecule has 2 aromatic rings. The Morgan fingerprint density at radius 3 is 2.69 bits per heavy atom. The zero-order valence-corrected chi connectivity index (χ0v) is 18.4. The Kier molecular flexibility index (Phi) is 5.51. The summed E-state index contributed by atoms with van der Waals surface area (Å²) < 4.78 is 29.0. The van der Waals surface area contributed by atoms with E-state index in [-0.39, 0.29) is 46.9 Å². The molecular formula is C21H26ClFN4O5. The molecule has 32 heavy (non-hydrogen) atoms. The van der Waals surface area contributed by atoms with Crippen LogP contribution in [0.4, 0.5) is 15.8 Å². The first-order valence-corrected chi connectivity index (χ1v) is 10.4. The number of pyridine rings is 1. The second-order valence-electron chi connectivity index (χ2n) is 8.63. The van der Waals surface area contributed by atoms with Crippen molar-refractivity contribution in [1.29, 1.82) is 0 Å². The van der Waals surface area contributed by atoms with E-state index in [1.165, 1.54) is 13.3 Å². The molecule has 0 radical (unpaired) electrons. The Morgan fingerprint density at radius 2 is 2.12 bits per heavy atom. The van der Waals surface area contributed by atoms with Crippen LogP contribution in [0.1, 0.15) is 35.7 Å². The molecule has 9 nitrogen and oxygen atoms in total. The van der Waals surface area contributed by atoms with Crippen molar-refractivity contribution in [2.24, 2.45) is 11.7 Å². The standard InChI is InChI=1S/C21H25FN4O5.ClH/c1-30-19-16-13(18(27)12(20(28)29)7-26(16)11-2-3-11)15(24)14(22)17(19)25-6-10-4-5-31-21(10,8-23)9-25;/h7,10-11H,2-6,8-9,23-24H2,1H3,(H,28,29);1H. The SMILES string of the molecule is COc1c(N2CC3CCOC3(CN)C2)c(F)c(N)c2c(=O)c(C(=O)O)cn(C3CC3)c12.Cl. The third kappa shape index (κ3) is 3.04. The van der Waals surface area contributed by atoms with Gasteiger partial charge in [-0.25, -0.2) is 9.18 Å². The number of nitrogens with zero attached hydrogens (tertiary/aromatic N) is 2. The Balaban J connectivity index is 0.00000245. The van der Waals surface area contributed by atoms with Crippen molar-refractivity contribution < 1.29 is 23.8 Å². The Hall–Kier alpha value is -2.56. The molecule has 2 saturated heterocycles. The number of fused-ring (bicyclic) bond motifs is 2. The number of methoxy groups -OCH3 is 1. The quantitative estimate of drug-likeness (QED) is 0.565. The zero-order chi connectivity index (χ0) is 22.1. The Morgan fingerprint density at radius 1 is 1.41 bits per heavy atom. The first-order chi connectivity index (χ1) is 14.8. The summed E-state index contributed by atoms with van der Waals surface area (Å²) in [5, 5.41) is 9.34. The van der Waals surface area contributed by atoms with Gasteiger partial charge < -0.3 is 35.5 Å². The number of aromatic carboxylic acids is 1. The average molecular weight is 469 g/mol. The van der Waals surface area contributed by atoms with E-state index in [2.05, 4.69) is 0 Å². The maximum absolute atomic E-state index is 15.7. The van der Waals surface area contributed by atoms with Crippen LogP contribution in [-0.2, 0) is 4.74 Å². The van der Waals surface area contributed by atoms with Crippen LogP contribution in [0.15, 0.2) is 11.0 Å². The normalized spacial score (nSPS) is 24.5. The van der Waals surface area contributed by atoms with Crippen molar-refractivity contribution in [2.45, 2.75) is 30.9 Å². The third-order valence-corrected chi connectivity index (χ3v) is 6.91. The summed E-state index contributed by atoms with van der Waals surface area (Å²) in [5.74, 6) is -1.84. The van der Waals surface area contributed by atoms with Gasteiger partial charge >= 0.3 is 5.97 Å². The number of hydrogen-bond donors (Lipinski definition) is 3. The van der Waals surface area contributed by atoms with Crippen molar-refractivity contribution in [1.82, 2.24) is 4.57 Å². The summed E-state index contributed by atoms with van der Waals surface area (Å²) in [7, 11) is 1.41. The molecule has 0 amide bonds. The van der Waals surface area contributed by atoms with Gasteiger partial charge in [0, 0.05) is 44.4 Å². The largest absolute Gasteiger partial charge is 0.492 e. The van der Waals surface area contributed by atoms with Crippen LogP contribution in [0.5, 0.6) is 5.75 Å². The fraction of sp³-hybridized carbons (Fsp3) is 0.524. The van der Waals surface area contributed by atoms with E-state index in [4.69, 9.17) is 20.9 Å². The summed E-state index contributed by atoms with van der Waals surface area (Å²) in [6, 6.07) is 0.00415. The summed E-state index contributed by atoms with van der Waals surface area (Å²) in [4.78, 5) is 26.4. The number of carboxylic acid groups (broad SMARTS) is 1. The van der Waals surface area contributed by atoms with Crippen molar-refractivity contribution in [3.05, 3.63) is 27.8 Å². The van der Waals surface area contributed by atoms with Crippen LogP contribution in [-0.4, -0.2) is 54.6 Å². The van der Waals surface area contributed by atoms with Crippen molar-refractivity contribution in [2.75, 3.05) is 44.0 Å². The number of halogens is 2. The molecule has 1 saturated carbocycles. The van der Waals surface area contributed by atoms with Crippen LogP contribution in [0.25, 0.3) is 10.9 Å². The molecule has 2 atom stereocenters. The van der Waals surface area contributed by atoms with Gasteiger partial charge in [0.15, 0.2) is 11.6 Å². The molecule has 3 heterocycles. The topological polar surface area (TPSA) is 133 Å². The van der Waals surface area contributed by atoms with Crippen LogP contribution < -0.4 is 26.5 Å². The number of ether oxygens (including phenoxy) is 2. The lowest BCUT2D eigenvalue weighted by Crippen LogP contribution is -2.44. The number of carboxylic acids is 1. The number of rotatable bonds is 5. The first kappa shape index (κ1) is 22.6. The fourth-order valence-corrected chi connectivity index (χ4v) is 5.16. The van der Waals surface area contributed by atoms with E-state index in [1.807, 2.05) is 4.90 Å². The lowest BCUT2D eigenvalue weighted by Gasteiger charge is -2.29. The minimum absolute atomic E-state index is 0. The molecule has 1 aliphatic carbocycles. The van der Waals surface area contributed by atoms with Crippen LogP contribution in [0, 0.1) is 11.7 Å². The lowest BCUT2D eigenvalue weighted by atomic mass is 9.91. The molecule has 5 N–H and O–H groups in total. The molecule has 11 heteroatoms. The molecule has 174 valence electrons. The zero-order valence-electron chi connectivity index (χ0n) is 17.6. The van der Waals surface area contributed by atoms with Gasteiger partial charge in [-0.3, -0.25) is 4.79 Å². The molecule has 2 aliphatic heterocycles. The van der Waals surface area contributed by atoms with Gasteiger partial charge in [0.1, 0.15) is 16.9 Å². The molecule has 0 bridgehead atoms. The second-order valence-corrected chi connectivity index (χ2v) is 8.63. The van der Waals surface area contributed by atoms with Crippen LogP contribution in [0.2, 0.25) is 0 Å². The smallest absolute Gasteiger partial charge is 0.341 e. The minimum atomic E-state index is -1.38. The number of nitrogen functional groups attached to an aromatic ring is 1. The summed E-state index contributed by atoms with van der Waals surface area (Å²) in [5.41, 5.74) is 10.5. The number of anilines is 2. The Bertz CT molecular complexity index is 1170. The molecule has 2 unspecified atom stereocenters. The maximum Gasteiger partial charge on any atom is 0.341 e. The molecule has 1 aromatic heterocycles. The summed E-state index contributed by atoms with van der Waals surface area (Å²) in [6.45, 7) is 1.84. The van der Waals surface area contributed by atoms with E-state index in [0.29, 0.717) is 31.8 Å². The van der Waals surface area contributed by atoms with Gasteiger partial charge in [-0.1, -0.05) is 0 Å². The highest BCUT2D eigenvalue weighted by atomic mass is 35.5. The Labute approximate surface area is 189 Å². The molecule has 3 fully saturated rings. The van der Waals surface area contributed by atoms with Gasteiger partial charge in [-0.05, 0) is 19.3 Å². The number of benzene rings is 1. The monoisotopic (exact) mass is 468 g/mol. The molecule has 3 aliphatic rings. The molecule has 1 aromatic carbocycles. The van der Waals surface area contributed by atoms with Crippen LogP contribution >= 0.6 is 12.4 Å².